The van der Waals surface area contributed by atoms with Crippen LogP contribution in [0.25, 0.3) is 0 Å². The smallest absolute Gasteiger partial charge is 0.119 e. The van der Waals surface area contributed by atoms with Gasteiger partial charge >= 0.3 is 0 Å². The summed E-state index contributed by atoms with van der Waals surface area (Å²) in [7, 11) is 3.40. The van der Waals surface area contributed by atoms with Gasteiger partial charge in [0, 0.05) is 19.8 Å². The molecule has 3 N–H and O–H groups in total. The average Bonchev–Trinajstić information content (AvgIpc) is 2.38. The minimum absolute atomic E-state index is 0.252. The van der Waals surface area contributed by atoms with Gasteiger partial charge in [-0.3, -0.25) is 11.3 Å². The molecule has 0 spiro atoms. The summed E-state index contributed by atoms with van der Waals surface area (Å²) in [5.41, 5.74) is 4.10. The highest BCUT2D eigenvalue weighted by molar-refractivity contribution is 5.28. The van der Waals surface area contributed by atoms with Gasteiger partial charge in [0.05, 0.1) is 7.11 Å². The molecule has 0 heterocycles. The van der Waals surface area contributed by atoms with Crippen LogP contribution in [0.15, 0.2) is 24.3 Å². The van der Waals surface area contributed by atoms with Crippen molar-refractivity contribution in [3.8, 4) is 5.75 Å². The Morgan fingerprint density at radius 1 is 1.33 bits per heavy atom. The molecule has 0 aliphatic heterocycles. The van der Waals surface area contributed by atoms with Gasteiger partial charge in [-0.05, 0) is 36.5 Å². The molecule has 1 aromatic carbocycles. The lowest BCUT2D eigenvalue weighted by molar-refractivity contribution is 0.149. The zero-order valence-corrected chi connectivity index (χ0v) is 11.5. The molecular formula is C14H24N2O2. The Bertz CT molecular complexity index is 344. The summed E-state index contributed by atoms with van der Waals surface area (Å²) in [6.45, 7) is 2.93. The van der Waals surface area contributed by atoms with Crippen molar-refractivity contribution < 1.29 is 9.47 Å². The lowest BCUT2D eigenvalue weighted by Gasteiger charge is -2.20. The third-order valence-electron chi connectivity index (χ3n) is 2.99. The van der Waals surface area contributed by atoms with Crippen LogP contribution >= 0.6 is 0 Å². The molecule has 0 amide bonds. The zero-order chi connectivity index (χ0) is 13.4. The maximum Gasteiger partial charge on any atom is 0.119 e. The Balaban J connectivity index is 2.56. The number of benzene rings is 1. The van der Waals surface area contributed by atoms with Crippen molar-refractivity contribution >= 4 is 0 Å². The first kappa shape index (κ1) is 15.0. The van der Waals surface area contributed by atoms with Gasteiger partial charge in [-0.1, -0.05) is 19.1 Å². The Labute approximate surface area is 109 Å². The van der Waals surface area contributed by atoms with Crippen LogP contribution in [-0.4, -0.2) is 26.9 Å². The lowest BCUT2D eigenvalue weighted by Crippen LogP contribution is -2.38. The molecule has 102 valence electrons. The molecule has 0 fully saturated rings. The van der Waals surface area contributed by atoms with Crippen LogP contribution in [-0.2, 0) is 11.2 Å². The predicted octanol–water partition coefficient (Wildman–Crippen LogP) is 1.74. The minimum Gasteiger partial charge on any atom is -0.497 e. The van der Waals surface area contributed by atoms with E-state index in [1.165, 1.54) is 5.56 Å². The second-order valence-corrected chi connectivity index (χ2v) is 4.72. The lowest BCUT2D eigenvalue weighted by atomic mass is 9.97. The van der Waals surface area contributed by atoms with E-state index in [9.17, 15) is 0 Å². The number of rotatable bonds is 8. The Kier molecular flexibility index (Phi) is 6.72. The van der Waals surface area contributed by atoms with Crippen molar-refractivity contribution in [1.82, 2.24) is 5.43 Å². The van der Waals surface area contributed by atoms with Crippen molar-refractivity contribution in [1.29, 1.82) is 0 Å². The molecule has 2 unspecified atom stereocenters. The van der Waals surface area contributed by atoms with E-state index in [0.717, 1.165) is 25.2 Å². The van der Waals surface area contributed by atoms with E-state index in [1.807, 2.05) is 18.2 Å². The minimum atomic E-state index is 0.252. The van der Waals surface area contributed by atoms with Crippen LogP contribution in [0.5, 0.6) is 5.75 Å². The fraction of sp³-hybridized carbons (Fsp3) is 0.571. The maximum absolute atomic E-state index is 5.61. The number of nitrogens with two attached hydrogens (primary N) is 1. The number of methoxy groups -OCH3 is 2. The molecule has 0 aliphatic carbocycles. The van der Waals surface area contributed by atoms with Crippen molar-refractivity contribution in [3.05, 3.63) is 29.8 Å². The molecule has 4 nitrogen and oxygen atoms in total. The summed E-state index contributed by atoms with van der Waals surface area (Å²) in [4.78, 5) is 0. The van der Waals surface area contributed by atoms with E-state index in [4.69, 9.17) is 15.3 Å². The largest absolute Gasteiger partial charge is 0.497 e. The summed E-state index contributed by atoms with van der Waals surface area (Å²) in [5.74, 6) is 6.98. The second kappa shape index (κ2) is 8.08. The average molecular weight is 252 g/mol. The Hall–Kier alpha value is -1.10. The maximum atomic E-state index is 5.61. The number of hydrogen-bond donors (Lipinski definition) is 2. The van der Waals surface area contributed by atoms with E-state index in [-0.39, 0.29) is 6.04 Å². The summed E-state index contributed by atoms with van der Waals surface area (Å²) < 4.78 is 10.4. The summed E-state index contributed by atoms with van der Waals surface area (Å²) in [5, 5.41) is 0. The van der Waals surface area contributed by atoms with E-state index in [1.54, 1.807) is 14.2 Å². The zero-order valence-electron chi connectivity index (χ0n) is 11.5. The molecule has 0 aliphatic rings. The summed E-state index contributed by atoms with van der Waals surface area (Å²) in [6, 6.07) is 8.34. The monoisotopic (exact) mass is 252 g/mol. The summed E-state index contributed by atoms with van der Waals surface area (Å²) in [6.07, 6.45) is 1.88. The fourth-order valence-corrected chi connectivity index (χ4v) is 2.13. The number of ether oxygens (including phenoxy) is 2. The van der Waals surface area contributed by atoms with Gasteiger partial charge in [-0.2, -0.15) is 0 Å². The van der Waals surface area contributed by atoms with Gasteiger partial charge in [0.15, 0.2) is 0 Å². The molecule has 1 aromatic rings. The molecule has 0 aromatic heterocycles. The first-order valence-corrected chi connectivity index (χ1v) is 6.27. The fourth-order valence-electron chi connectivity index (χ4n) is 2.13. The van der Waals surface area contributed by atoms with Crippen molar-refractivity contribution in [2.75, 3.05) is 20.8 Å². The highest BCUT2D eigenvalue weighted by Gasteiger charge is 2.12. The first-order valence-electron chi connectivity index (χ1n) is 6.27. The van der Waals surface area contributed by atoms with E-state index >= 15 is 0 Å². The number of nitrogens with one attached hydrogen (secondary N) is 1. The topological polar surface area (TPSA) is 56.5 Å². The number of hydrogen-bond acceptors (Lipinski definition) is 4. The molecule has 1 rings (SSSR count). The van der Waals surface area contributed by atoms with Gasteiger partial charge in [-0.15, -0.1) is 0 Å². The van der Waals surface area contributed by atoms with Gasteiger partial charge in [0.2, 0.25) is 0 Å². The van der Waals surface area contributed by atoms with Crippen LogP contribution < -0.4 is 16.0 Å². The third-order valence-corrected chi connectivity index (χ3v) is 2.99. The molecule has 0 radical (unpaired) electrons. The van der Waals surface area contributed by atoms with E-state index < -0.39 is 0 Å². The molecular weight excluding hydrogens is 228 g/mol. The molecule has 0 saturated heterocycles. The normalized spacial score (nSPS) is 14.2. The van der Waals surface area contributed by atoms with E-state index in [2.05, 4.69) is 18.4 Å². The van der Waals surface area contributed by atoms with Crippen molar-refractivity contribution in [3.63, 3.8) is 0 Å². The highest BCUT2D eigenvalue weighted by atomic mass is 16.5. The van der Waals surface area contributed by atoms with Crippen LogP contribution in [0.4, 0.5) is 0 Å². The van der Waals surface area contributed by atoms with Crippen molar-refractivity contribution in [2.24, 2.45) is 11.8 Å². The predicted molar refractivity (Wildman–Crippen MR) is 73.5 cm³/mol. The second-order valence-electron chi connectivity index (χ2n) is 4.72. The highest BCUT2D eigenvalue weighted by Crippen LogP contribution is 2.16. The third kappa shape index (κ3) is 5.04. The van der Waals surface area contributed by atoms with Gasteiger partial charge in [0.1, 0.15) is 5.75 Å². The van der Waals surface area contributed by atoms with Crippen LogP contribution in [0.3, 0.4) is 0 Å². The van der Waals surface area contributed by atoms with Crippen LogP contribution in [0.2, 0.25) is 0 Å². The quantitative estimate of drug-likeness (QED) is 0.546. The number of hydrazine groups is 1. The van der Waals surface area contributed by atoms with Gasteiger partial charge in [-0.25, -0.2) is 0 Å². The summed E-state index contributed by atoms with van der Waals surface area (Å²) >= 11 is 0. The van der Waals surface area contributed by atoms with Crippen LogP contribution in [0, 0.1) is 5.92 Å². The molecule has 2 atom stereocenters. The Morgan fingerprint density at radius 3 is 2.72 bits per heavy atom. The standard InChI is InChI=1S/C14H24N2O2/c1-11(10-17-2)7-13(16-15)8-12-5-4-6-14(9-12)18-3/h4-6,9,11,13,16H,7-8,10,15H2,1-3H3. The van der Waals surface area contributed by atoms with E-state index in [0.29, 0.717) is 5.92 Å². The molecule has 0 bridgehead atoms. The van der Waals surface area contributed by atoms with Gasteiger partial charge < -0.3 is 9.47 Å². The Morgan fingerprint density at radius 2 is 2.11 bits per heavy atom. The molecule has 18 heavy (non-hydrogen) atoms. The molecule has 4 heteroatoms. The SMILES string of the molecule is COCC(C)CC(Cc1cccc(OC)c1)NN. The molecule has 0 saturated carbocycles. The van der Waals surface area contributed by atoms with Crippen molar-refractivity contribution in [2.45, 2.75) is 25.8 Å². The van der Waals surface area contributed by atoms with Gasteiger partial charge in [0.25, 0.3) is 0 Å². The first-order chi connectivity index (χ1) is 8.69. The van der Waals surface area contributed by atoms with Crippen LogP contribution in [0.1, 0.15) is 18.9 Å².